The highest BCUT2D eigenvalue weighted by atomic mass is 19.3. The van der Waals surface area contributed by atoms with Crippen LogP contribution in [0.25, 0.3) is 0 Å². The van der Waals surface area contributed by atoms with Crippen molar-refractivity contribution in [1.82, 2.24) is 15.0 Å². The summed E-state index contributed by atoms with van der Waals surface area (Å²) in [5.74, 6) is 1.71. The Hall–Kier alpha value is -2.38. The third-order valence-corrected chi connectivity index (χ3v) is 3.04. The van der Waals surface area contributed by atoms with E-state index in [1.807, 2.05) is 0 Å². The summed E-state index contributed by atoms with van der Waals surface area (Å²) in [6.45, 7) is 0.883. The van der Waals surface area contributed by atoms with Crippen molar-refractivity contribution in [1.29, 1.82) is 0 Å². The standard InChI is InChI=1S/C13H13F2N3O3/c1-18-12(13(14)15)9(16-17-18)7-21-8-2-3-10-11(6-8)20-5-4-19-10/h2-3,6,13H,4-5,7H2,1H3. The predicted octanol–water partition coefficient (Wildman–Crippen LogP) is 2.10. The van der Waals surface area contributed by atoms with E-state index in [1.54, 1.807) is 18.2 Å². The van der Waals surface area contributed by atoms with Crippen molar-refractivity contribution in [2.75, 3.05) is 13.2 Å². The van der Waals surface area contributed by atoms with Gasteiger partial charge >= 0.3 is 0 Å². The molecule has 21 heavy (non-hydrogen) atoms. The van der Waals surface area contributed by atoms with Crippen LogP contribution >= 0.6 is 0 Å². The maximum absolute atomic E-state index is 12.9. The number of benzene rings is 1. The average Bonchev–Trinajstić information content (AvgIpc) is 2.86. The molecule has 0 bridgehead atoms. The van der Waals surface area contributed by atoms with E-state index in [0.29, 0.717) is 30.5 Å². The maximum atomic E-state index is 12.9. The number of fused-ring (bicyclic) bond motifs is 1. The van der Waals surface area contributed by atoms with Crippen LogP contribution in [-0.2, 0) is 13.7 Å². The number of rotatable bonds is 4. The van der Waals surface area contributed by atoms with Gasteiger partial charge in [-0.25, -0.2) is 13.5 Å². The van der Waals surface area contributed by atoms with E-state index in [-0.39, 0.29) is 18.0 Å². The lowest BCUT2D eigenvalue weighted by atomic mass is 10.3. The molecule has 0 N–H and O–H groups in total. The molecule has 3 rings (SSSR count). The van der Waals surface area contributed by atoms with Crippen LogP contribution in [0.15, 0.2) is 18.2 Å². The van der Waals surface area contributed by atoms with Crippen LogP contribution in [-0.4, -0.2) is 28.2 Å². The van der Waals surface area contributed by atoms with Crippen molar-refractivity contribution in [3.8, 4) is 17.2 Å². The summed E-state index contributed by atoms with van der Waals surface area (Å²) in [6, 6.07) is 5.06. The van der Waals surface area contributed by atoms with Crippen molar-refractivity contribution in [2.45, 2.75) is 13.0 Å². The molecule has 1 aliphatic rings. The second-order valence-corrected chi connectivity index (χ2v) is 4.44. The van der Waals surface area contributed by atoms with Gasteiger partial charge in [0.1, 0.15) is 37.0 Å². The monoisotopic (exact) mass is 297 g/mol. The molecule has 0 unspecified atom stereocenters. The Morgan fingerprint density at radius 3 is 2.81 bits per heavy atom. The SMILES string of the molecule is Cn1nnc(COc2ccc3c(c2)OCCO3)c1C(F)F. The molecule has 0 spiro atoms. The number of halogens is 2. The van der Waals surface area contributed by atoms with Crippen molar-refractivity contribution < 1.29 is 23.0 Å². The first-order chi connectivity index (χ1) is 10.1. The normalized spacial score (nSPS) is 13.5. The Balaban J connectivity index is 1.73. The summed E-state index contributed by atoms with van der Waals surface area (Å²) in [5, 5.41) is 7.27. The molecular weight excluding hydrogens is 284 g/mol. The Bertz CT molecular complexity index is 646. The minimum absolute atomic E-state index is 0.0901. The first-order valence-corrected chi connectivity index (χ1v) is 6.34. The Morgan fingerprint density at radius 1 is 1.29 bits per heavy atom. The molecule has 0 amide bonds. The molecular formula is C13H13F2N3O3. The molecule has 0 saturated heterocycles. The van der Waals surface area contributed by atoms with Crippen molar-refractivity contribution >= 4 is 0 Å². The van der Waals surface area contributed by atoms with Crippen LogP contribution in [0.1, 0.15) is 17.8 Å². The van der Waals surface area contributed by atoms with Crippen LogP contribution in [0.2, 0.25) is 0 Å². The van der Waals surface area contributed by atoms with Gasteiger partial charge in [0, 0.05) is 13.1 Å². The predicted molar refractivity (Wildman–Crippen MR) is 67.7 cm³/mol. The van der Waals surface area contributed by atoms with Gasteiger partial charge in [0.05, 0.1) is 0 Å². The molecule has 2 heterocycles. The number of hydrogen-bond acceptors (Lipinski definition) is 5. The number of hydrogen-bond donors (Lipinski definition) is 0. The van der Waals surface area contributed by atoms with Crippen LogP contribution in [0.3, 0.4) is 0 Å². The van der Waals surface area contributed by atoms with Gasteiger partial charge in [0.25, 0.3) is 6.43 Å². The fraction of sp³-hybridized carbons (Fsp3) is 0.385. The van der Waals surface area contributed by atoms with Crippen molar-refractivity contribution in [2.24, 2.45) is 7.05 Å². The van der Waals surface area contributed by atoms with E-state index >= 15 is 0 Å². The van der Waals surface area contributed by atoms with Gasteiger partial charge in [-0.15, -0.1) is 5.10 Å². The quantitative estimate of drug-likeness (QED) is 0.865. The zero-order valence-corrected chi connectivity index (χ0v) is 11.3. The fourth-order valence-corrected chi connectivity index (χ4v) is 2.04. The van der Waals surface area contributed by atoms with Gasteiger partial charge < -0.3 is 14.2 Å². The molecule has 1 aromatic heterocycles. The van der Waals surface area contributed by atoms with E-state index in [2.05, 4.69) is 10.3 Å². The molecule has 2 aromatic rings. The average molecular weight is 297 g/mol. The first-order valence-electron chi connectivity index (χ1n) is 6.34. The highest BCUT2D eigenvalue weighted by molar-refractivity contribution is 5.46. The van der Waals surface area contributed by atoms with Crippen molar-refractivity contribution in [3.63, 3.8) is 0 Å². The lowest BCUT2D eigenvalue weighted by Crippen LogP contribution is -2.15. The topological polar surface area (TPSA) is 58.4 Å². The van der Waals surface area contributed by atoms with E-state index in [0.717, 1.165) is 4.68 Å². The lowest BCUT2D eigenvalue weighted by Gasteiger charge is -2.18. The largest absolute Gasteiger partial charge is 0.487 e. The smallest absolute Gasteiger partial charge is 0.282 e. The molecule has 6 nitrogen and oxygen atoms in total. The van der Waals surface area contributed by atoms with Crippen molar-refractivity contribution in [3.05, 3.63) is 29.6 Å². The third-order valence-electron chi connectivity index (χ3n) is 3.04. The van der Waals surface area contributed by atoms with E-state index in [1.165, 1.54) is 7.05 Å². The summed E-state index contributed by atoms with van der Waals surface area (Å²) in [6.07, 6.45) is -2.65. The van der Waals surface area contributed by atoms with Gasteiger partial charge in [0.15, 0.2) is 11.5 Å². The third kappa shape index (κ3) is 2.74. The second-order valence-electron chi connectivity index (χ2n) is 4.44. The van der Waals surface area contributed by atoms with E-state index in [9.17, 15) is 8.78 Å². The highest BCUT2D eigenvalue weighted by Gasteiger charge is 2.20. The summed E-state index contributed by atoms with van der Waals surface area (Å²) in [4.78, 5) is 0. The molecule has 0 atom stereocenters. The number of ether oxygens (including phenoxy) is 3. The van der Waals surface area contributed by atoms with Crippen LogP contribution in [0.5, 0.6) is 17.2 Å². The lowest BCUT2D eigenvalue weighted by molar-refractivity contribution is 0.137. The Morgan fingerprint density at radius 2 is 2.05 bits per heavy atom. The number of aryl methyl sites for hydroxylation is 1. The molecule has 1 aliphatic heterocycles. The fourth-order valence-electron chi connectivity index (χ4n) is 2.04. The zero-order chi connectivity index (χ0) is 14.8. The van der Waals surface area contributed by atoms with E-state index < -0.39 is 6.43 Å². The van der Waals surface area contributed by atoms with Crippen LogP contribution < -0.4 is 14.2 Å². The Kier molecular flexibility index (Phi) is 3.59. The molecule has 0 radical (unpaired) electrons. The van der Waals surface area contributed by atoms with Gasteiger partial charge in [-0.3, -0.25) is 0 Å². The Labute approximate surface area is 119 Å². The summed E-state index contributed by atoms with van der Waals surface area (Å²) in [7, 11) is 1.42. The van der Waals surface area contributed by atoms with Gasteiger partial charge in [0.2, 0.25) is 0 Å². The molecule has 0 aliphatic carbocycles. The summed E-state index contributed by atoms with van der Waals surface area (Å²) < 4.78 is 43.1. The first kappa shape index (κ1) is 13.6. The molecule has 112 valence electrons. The maximum Gasteiger partial charge on any atom is 0.282 e. The van der Waals surface area contributed by atoms with Gasteiger partial charge in [-0.1, -0.05) is 5.21 Å². The van der Waals surface area contributed by atoms with Crippen LogP contribution in [0.4, 0.5) is 8.78 Å². The minimum atomic E-state index is -2.65. The number of aromatic nitrogens is 3. The summed E-state index contributed by atoms with van der Waals surface area (Å²) in [5.41, 5.74) is -0.130. The molecule has 1 aromatic carbocycles. The van der Waals surface area contributed by atoms with Gasteiger partial charge in [-0.2, -0.15) is 0 Å². The zero-order valence-electron chi connectivity index (χ0n) is 11.3. The van der Waals surface area contributed by atoms with Crippen LogP contribution in [0, 0.1) is 0 Å². The number of nitrogens with zero attached hydrogens (tertiary/aromatic N) is 3. The highest BCUT2D eigenvalue weighted by Crippen LogP contribution is 2.34. The minimum Gasteiger partial charge on any atom is -0.487 e. The van der Waals surface area contributed by atoms with Gasteiger partial charge in [-0.05, 0) is 12.1 Å². The van der Waals surface area contributed by atoms with E-state index in [4.69, 9.17) is 14.2 Å². The molecule has 8 heteroatoms. The number of alkyl halides is 2. The molecule has 0 fully saturated rings. The molecule has 0 saturated carbocycles. The second kappa shape index (κ2) is 5.55. The summed E-state index contributed by atoms with van der Waals surface area (Å²) >= 11 is 0.